The predicted molar refractivity (Wildman–Crippen MR) is 131 cm³/mol. The number of hydrogen-bond donors (Lipinski definition) is 1. The third kappa shape index (κ3) is 8.05. The lowest BCUT2D eigenvalue weighted by molar-refractivity contribution is 0.0171. The number of nitrogens with zero attached hydrogens (tertiary/aromatic N) is 1. The largest absolute Gasteiger partial charge is 0.598 e. The molecule has 0 aliphatic carbocycles. The van der Waals surface area contributed by atoms with Crippen molar-refractivity contribution in [1.29, 1.82) is 0 Å². The van der Waals surface area contributed by atoms with E-state index in [0.717, 1.165) is 0 Å². The number of carbonyl (C=O) groups excluding carboxylic acids is 1. The van der Waals surface area contributed by atoms with E-state index in [1.165, 1.54) is 12.1 Å². The first kappa shape index (κ1) is 27.8. The minimum absolute atomic E-state index is 0.0163. The van der Waals surface area contributed by atoms with E-state index in [2.05, 4.69) is 11.3 Å². The van der Waals surface area contributed by atoms with Crippen LogP contribution < -0.4 is 9.46 Å². The van der Waals surface area contributed by atoms with Crippen molar-refractivity contribution in [3.05, 3.63) is 41.2 Å². The molecule has 2 atom stereocenters. The van der Waals surface area contributed by atoms with Gasteiger partial charge in [-0.25, -0.2) is 9.18 Å². The Morgan fingerprint density at radius 3 is 2.45 bits per heavy atom. The Morgan fingerprint density at radius 2 is 1.94 bits per heavy atom. The Bertz CT molecular complexity index is 833. The number of nitrogens with one attached hydrogen (secondary N) is 1. The Balaban J connectivity index is 2.32. The van der Waals surface area contributed by atoms with Crippen molar-refractivity contribution in [2.75, 3.05) is 19.7 Å². The highest BCUT2D eigenvalue weighted by Gasteiger charge is 2.38. The normalized spacial score (nSPS) is 17.4. The molecule has 0 spiro atoms. The lowest BCUT2D eigenvalue weighted by atomic mass is 9.85. The van der Waals surface area contributed by atoms with E-state index in [1.54, 1.807) is 11.0 Å². The summed E-state index contributed by atoms with van der Waals surface area (Å²) in [5, 5.41) is -0.0320. The molecule has 1 heterocycles. The number of hydrogen-bond acceptors (Lipinski definition) is 5. The molecule has 0 saturated carbocycles. The fourth-order valence-corrected chi connectivity index (χ4v) is 4.58. The molecule has 2 unspecified atom stereocenters. The Morgan fingerprint density at radius 1 is 1.33 bits per heavy atom. The van der Waals surface area contributed by atoms with Gasteiger partial charge >= 0.3 is 6.09 Å². The minimum Gasteiger partial charge on any atom is -0.598 e. The maximum Gasteiger partial charge on any atom is 0.410 e. The first-order valence-corrected chi connectivity index (χ1v) is 12.6. The molecule has 1 aliphatic rings. The van der Waals surface area contributed by atoms with E-state index in [9.17, 15) is 13.7 Å². The van der Waals surface area contributed by atoms with E-state index in [-0.39, 0.29) is 23.6 Å². The van der Waals surface area contributed by atoms with Crippen molar-refractivity contribution in [2.24, 2.45) is 5.92 Å². The zero-order chi connectivity index (χ0) is 25.0. The maximum atomic E-state index is 14.2. The number of ether oxygens (including phenoxy) is 2. The second kappa shape index (κ2) is 11.3. The van der Waals surface area contributed by atoms with Crippen LogP contribution in [0.4, 0.5) is 9.18 Å². The van der Waals surface area contributed by atoms with Crippen molar-refractivity contribution < 1.29 is 23.2 Å². The number of halogens is 2. The molecule has 33 heavy (non-hydrogen) atoms. The van der Waals surface area contributed by atoms with Crippen LogP contribution in [0.25, 0.3) is 0 Å². The van der Waals surface area contributed by atoms with Gasteiger partial charge in [0, 0.05) is 36.1 Å². The molecule has 2 rings (SSSR count). The molecule has 0 radical (unpaired) electrons. The summed E-state index contributed by atoms with van der Waals surface area (Å²) in [4.78, 5) is 14.2. The van der Waals surface area contributed by atoms with Crippen LogP contribution in [-0.2, 0) is 16.1 Å². The van der Waals surface area contributed by atoms with Crippen molar-refractivity contribution in [3.8, 4) is 5.75 Å². The summed E-state index contributed by atoms with van der Waals surface area (Å²) in [5.41, 5.74) is 0.0701. The minimum atomic E-state index is -1.39. The zero-order valence-electron chi connectivity index (χ0n) is 20.4. The third-order valence-electron chi connectivity index (χ3n) is 5.20. The molecule has 1 aromatic rings. The fourth-order valence-electron chi connectivity index (χ4n) is 3.51. The van der Waals surface area contributed by atoms with Crippen molar-refractivity contribution in [3.63, 3.8) is 0 Å². The van der Waals surface area contributed by atoms with Crippen LogP contribution in [0.2, 0.25) is 5.02 Å². The topological polar surface area (TPSA) is 73.9 Å². The second-order valence-corrected chi connectivity index (χ2v) is 12.6. The van der Waals surface area contributed by atoms with Crippen LogP contribution >= 0.6 is 11.6 Å². The molecular weight excluding hydrogens is 467 g/mol. The first-order chi connectivity index (χ1) is 15.2. The number of piperidine rings is 1. The van der Waals surface area contributed by atoms with Gasteiger partial charge in [0.15, 0.2) is 0 Å². The number of likely N-dealkylation sites (tertiary alicyclic amines) is 1. The van der Waals surface area contributed by atoms with Gasteiger partial charge in [-0.05, 0) is 66.4 Å². The van der Waals surface area contributed by atoms with Gasteiger partial charge in [-0.15, -0.1) is 4.72 Å². The summed E-state index contributed by atoms with van der Waals surface area (Å²) in [6.07, 6.45) is 2.52. The summed E-state index contributed by atoms with van der Waals surface area (Å²) in [6.45, 7) is 16.0. The van der Waals surface area contributed by atoms with E-state index >= 15 is 0 Å². The molecule has 0 bridgehead atoms. The van der Waals surface area contributed by atoms with E-state index in [4.69, 9.17) is 21.1 Å². The molecule has 0 aromatic heterocycles. The van der Waals surface area contributed by atoms with Crippen LogP contribution in [0.5, 0.6) is 5.75 Å². The van der Waals surface area contributed by atoms with Gasteiger partial charge in [-0.3, -0.25) is 0 Å². The van der Waals surface area contributed by atoms with Crippen LogP contribution in [0.15, 0.2) is 24.8 Å². The van der Waals surface area contributed by atoms with Crippen molar-refractivity contribution in [2.45, 2.75) is 70.8 Å². The Labute approximate surface area is 205 Å². The molecule has 6 nitrogen and oxygen atoms in total. The number of rotatable bonds is 7. The fraction of sp³-hybridized carbons (Fsp3) is 0.625. The summed E-state index contributed by atoms with van der Waals surface area (Å²) >= 11 is 4.74. The lowest BCUT2D eigenvalue weighted by Crippen LogP contribution is -2.47. The first-order valence-electron chi connectivity index (χ1n) is 11.1. The van der Waals surface area contributed by atoms with Crippen LogP contribution in [0, 0.1) is 11.7 Å². The highest BCUT2D eigenvalue weighted by atomic mass is 35.5. The zero-order valence-corrected chi connectivity index (χ0v) is 21.9. The quantitative estimate of drug-likeness (QED) is 0.377. The standard InChI is InChI=1S/C24H36ClFN2O4S/c1-8-13-31-20-15-19(26)18(25)14-17(20)21(27-33(30)24(5,6)7)16-9-11-28(12-10-16)22(29)32-23(2,3)4/h8,14-16,21,27H,1,9-13H2,2-7H3. The summed E-state index contributed by atoms with van der Waals surface area (Å²) in [7, 11) is 0. The average Bonchev–Trinajstić information content (AvgIpc) is 2.70. The van der Waals surface area contributed by atoms with Crippen LogP contribution in [0.3, 0.4) is 0 Å². The molecule has 1 amide bonds. The number of benzene rings is 1. The number of amides is 1. The summed E-state index contributed by atoms with van der Waals surface area (Å²) in [5.74, 6) is -0.243. The molecule has 1 fully saturated rings. The molecule has 1 aliphatic heterocycles. The van der Waals surface area contributed by atoms with Crippen molar-refractivity contribution in [1.82, 2.24) is 9.62 Å². The highest BCUT2D eigenvalue weighted by molar-refractivity contribution is 7.90. The van der Waals surface area contributed by atoms with Gasteiger partial charge < -0.3 is 18.9 Å². The Hall–Kier alpha value is -1.48. The Kier molecular flexibility index (Phi) is 9.50. The molecule has 1 N–H and O–H groups in total. The highest BCUT2D eigenvalue weighted by Crippen LogP contribution is 2.39. The SMILES string of the molecule is C=CCOc1cc(F)c(Cl)cc1C(N[S+]([O-])C(C)(C)C)C1CCN(C(=O)OC(C)(C)C)CC1. The van der Waals surface area contributed by atoms with E-state index in [0.29, 0.717) is 37.2 Å². The van der Waals surface area contributed by atoms with Gasteiger partial charge in [0.2, 0.25) is 0 Å². The van der Waals surface area contributed by atoms with Crippen LogP contribution in [0.1, 0.15) is 66.0 Å². The van der Waals surface area contributed by atoms with E-state index < -0.39 is 33.6 Å². The van der Waals surface area contributed by atoms with Crippen LogP contribution in [-0.4, -0.2) is 45.6 Å². The van der Waals surface area contributed by atoms with Gasteiger partial charge in [0.1, 0.15) is 28.5 Å². The lowest BCUT2D eigenvalue weighted by Gasteiger charge is -2.38. The summed E-state index contributed by atoms with van der Waals surface area (Å²) in [6, 6.07) is 2.38. The molecular formula is C24H36ClFN2O4S. The average molecular weight is 503 g/mol. The summed E-state index contributed by atoms with van der Waals surface area (Å²) < 4.78 is 41.2. The molecule has 186 valence electrons. The van der Waals surface area contributed by atoms with Crippen molar-refractivity contribution >= 4 is 29.1 Å². The second-order valence-electron chi connectivity index (χ2n) is 10.2. The van der Waals surface area contributed by atoms with Gasteiger partial charge in [0.05, 0.1) is 11.1 Å². The van der Waals surface area contributed by atoms with Gasteiger partial charge in [-0.1, -0.05) is 24.3 Å². The van der Waals surface area contributed by atoms with Gasteiger partial charge in [0.25, 0.3) is 0 Å². The smallest absolute Gasteiger partial charge is 0.410 e. The maximum absolute atomic E-state index is 14.2. The number of carbonyl (C=O) groups is 1. The molecule has 1 aromatic carbocycles. The predicted octanol–water partition coefficient (Wildman–Crippen LogP) is 5.78. The third-order valence-corrected chi connectivity index (χ3v) is 7.07. The monoisotopic (exact) mass is 502 g/mol. The van der Waals surface area contributed by atoms with E-state index in [1.807, 2.05) is 41.5 Å². The molecule has 9 heteroatoms. The van der Waals surface area contributed by atoms with Gasteiger partial charge in [-0.2, -0.15) is 0 Å². The molecule has 1 saturated heterocycles.